The molecule has 0 radical (unpaired) electrons. The van der Waals surface area contributed by atoms with Gasteiger partial charge in [0, 0.05) is 33.7 Å². The Morgan fingerprint density at radius 1 is 0.892 bits per heavy atom. The van der Waals surface area contributed by atoms with Crippen LogP contribution in [0.15, 0.2) is 72.8 Å². The van der Waals surface area contributed by atoms with Crippen molar-refractivity contribution in [3.8, 4) is 0 Å². The molecule has 3 atom stereocenters. The van der Waals surface area contributed by atoms with E-state index in [2.05, 4.69) is 0 Å². The standard InChI is InChI=1S/C31H25F2NO3/c1-30(2,3)29(37)26-25(21-10-6-7-11-22(21)33)31(27(35)19-8-4-5-9-20(19)28(31)36)24-15-12-17-16-18(32)13-14-23(17)34(24)26/h4-16,24-26H,1-3H3/t24-,25-,26+/m0/s1. The molecule has 1 spiro atoms. The summed E-state index contributed by atoms with van der Waals surface area (Å²) in [6.45, 7) is 5.31. The summed E-state index contributed by atoms with van der Waals surface area (Å²) >= 11 is 0. The van der Waals surface area contributed by atoms with Crippen molar-refractivity contribution in [3.63, 3.8) is 0 Å². The van der Waals surface area contributed by atoms with E-state index < -0.39 is 52.0 Å². The van der Waals surface area contributed by atoms with E-state index in [1.54, 1.807) is 86.4 Å². The SMILES string of the molecule is CC(C)(C)C(=O)[C@H]1[C@H](c2ccccc2F)C2(C(=O)c3ccccc3C2=O)[C@@H]2C=Cc3cc(F)ccc3N21. The fraction of sp³-hybridized carbons (Fsp3) is 0.258. The first kappa shape index (κ1) is 23.5. The molecule has 6 rings (SSSR count). The van der Waals surface area contributed by atoms with Crippen molar-refractivity contribution >= 4 is 29.1 Å². The molecule has 0 N–H and O–H groups in total. The van der Waals surface area contributed by atoms with Gasteiger partial charge >= 0.3 is 0 Å². The van der Waals surface area contributed by atoms with E-state index in [4.69, 9.17) is 0 Å². The maximum absolute atomic E-state index is 15.6. The van der Waals surface area contributed by atoms with Crippen LogP contribution in [-0.4, -0.2) is 29.4 Å². The summed E-state index contributed by atoms with van der Waals surface area (Å²) in [4.78, 5) is 44.8. The van der Waals surface area contributed by atoms with Gasteiger partial charge in [-0.1, -0.05) is 75.4 Å². The zero-order valence-electron chi connectivity index (χ0n) is 20.7. The lowest BCUT2D eigenvalue weighted by molar-refractivity contribution is -0.127. The molecule has 0 aromatic heterocycles. The van der Waals surface area contributed by atoms with E-state index in [1.165, 1.54) is 18.2 Å². The average Bonchev–Trinajstić information content (AvgIpc) is 3.29. The molecule has 0 unspecified atom stereocenters. The number of halogens is 2. The topological polar surface area (TPSA) is 54.5 Å². The summed E-state index contributed by atoms with van der Waals surface area (Å²) in [5.74, 6) is -3.20. The van der Waals surface area contributed by atoms with Crippen molar-refractivity contribution < 1.29 is 23.2 Å². The predicted molar refractivity (Wildman–Crippen MR) is 137 cm³/mol. The van der Waals surface area contributed by atoms with Crippen LogP contribution in [0.5, 0.6) is 0 Å². The van der Waals surface area contributed by atoms with Crippen molar-refractivity contribution in [1.29, 1.82) is 0 Å². The molecule has 186 valence electrons. The van der Waals surface area contributed by atoms with Gasteiger partial charge in [0.25, 0.3) is 0 Å². The second kappa shape index (κ2) is 7.78. The number of benzene rings is 3. The Balaban J connectivity index is 1.72. The van der Waals surface area contributed by atoms with E-state index in [0.29, 0.717) is 11.3 Å². The van der Waals surface area contributed by atoms with Gasteiger partial charge in [0.15, 0.2) is 17.3 Å². The minimum absolute atomic E-state index is 0.145. The number of anilines is 1. The zero-order valence-corrected chi connectivity index (χ0v) is 20.7. The maximum Gasteiger partial charge on any atom is 0.180 e. The number of fused-ring (bicyclic) bond motifs is 5. The zero-order chi connectivity index (χ0) is 26.3. The van der Waals surface area contributed by atoms with Crippen LogP contribution in [-0.2, 0) is 4.79 Å². The highest BCUT2D eigenvalue weighted by Gasteiger charge is 2.72. The predicted octanol–water partition coefficient (Wildman–Crippen LogP) is 6.01. The Morgan fingerprint density at radius 3 is 2.14 bits per heavy atom. The van der Waals surface area contributed by atoms with Crippen molar-refractivity contribution in [2.24, 2.45) is 10.8 Å². The number of carbonyl (C=O) groups is 3. The third-order valence-corrected chi connectivity index (χ3v) is 8.01. The Morgan fingerprint density at radius 2 is 1.51 bits per heavy atom. The highest BCUT2D eigenvalue weighted by atomic mass is 19.1. The molecule has 37 heavy (non-hydrogen) atoms. The van der Waals surface area contributed by atoms with Crippen LogP contribution < -0.4 is 4.90 Å². The molecule has 3 aromatic rings. The smallest absolute Gasteiger partial charge is 0.180 e. The molecule has 3 aliphatic rings. The molecule has 4 nitrogen and oxygen atoms in total. The monoisotopic (exact) mass is 497 g/mol. The van der Waals surface area contributed by atoms with E-state index in [9.17, 15) is 18.8 Å². The molecular weight excluding hydrogens is 472 g/mol. The van der Waals surface area contributed by atoms with E-state index in [1.807, 2.05) is 0 Å². The Hall–Kier alpha value is -3.93. The molecule has 1 fully saturated rings. The normalized spacial score (nSPS) is 23.3. The van der Waals surface area contributed by atoms with Gasteiger partial charge in [0.1, 0.15) is 17.0 Å². The third kappa shape index (κ3) is 3.02. The van der Waals surface area contributed by atoms with Crippen LogP contribution in [0.2, 0.25) is 0 Å². The van der Waals surface area contributed by atoms with Gasteiger partial charge < -0.3 is 4.90 Å². The molecule has 1 aliphatic carbocycles. The van der Waals surface area contributed by atoms with Crippen molar-refractivity contribution in [1.82, 2.24) is 0 Å². The maximum atomic E-state index is 15.6. The Bertz CT molecular complexity index is 1500. The number of nitrogens with zero attached hydrogens (tertiary/aromatic N) is 1. The lowest BCUT2D eigenvalue weighted by Crippen LogP contribution is -2.49. The summed E-state index contributed by atoms with van der Waals surface area (Å²) < 4.78 is 29.8. The van der Waals surface area contributed by atoms with E-state index >= 15 is 4.39 Å². The molecule has 0 saturated carbocycles. The van der Waals surface area contributed by atoms with Gasteiger partial charge in [-0.05, 0) is 29.8 Å². The molecule has 6 heteroatoms. The first-order chi connectivity index (χ1) is 17.6. The first-order valence-electron chi connectivity index (χ1n) is 12.3. The van der Waals surface area contributed by atoms with Gasteiger partial charge in [0.05, 0.1) is 12.1 Å². The molecule has 0 amide bonds. The van der Waals surface area contributed by atoms with Gasteiger partial charge in [-0.15, -0.1) is 0 Å². The number of Topliss-reactive ketones (excluding diaryl/α,β-unsaturated/α-hetero) is 3. The van der Waals surface area contributed by atoms with Gasteiger partial charge in [-0.2, -0.15) is 0 Å². The molecular formula is C31H25F2NO3. The molecule has 2 heterocycles. The van der Waals surface area contributed by atoms with Crippen LogP contribution in [0.3, 0.4) is 0 Å². The minimum atomic E-state index is -1.76. The number of hydrogen-bond donors (Lipinski definition) is 0. The summed E-state index contributed by atoms with van der Waals surface area (Å²) in [7, 11) is 0. The summed E-state index contributed by atoms with van der Waals surface area (Å²) in [5.41, 5.74) is -0.879. The molecule has 2 aliphatic heterocycles. The molecule has 1 saturated heterocycles. The lowest BCUT2D eigenvalue weighted by Gasteiger charge is -2.38. The van der Waals surface area contributed by atoms with Crippen LogP contribution in [0.25, 0.3) is 6.08 Å². The van der Waals surface area contributed by atoms with Gasteiger partial charge in [-0.25, -0.2) is 8.78 Å². The fourth-order valence-electron chi connectivity index (χ4n) is 6.46. The van der Waals surface area contributed by atoms with Crippen LogP contribution >= 0.6 is 0 Å². The van der Waals surface area contributed by atoms with Crippen LogP contribution in [0.4, 0.5) is 14.5 Å². The Kier molecular flexibility index (Phi) is 4.94. The third-order valence-electron chi connectivity index (χ3n) is 8.01. The molecule has 3 aromatic carbocycles. The molecule has 0 bridgehead atoms. The quantitative estimate of drug-likeness (QED) is 0.407. The van der Waals surface area contributed by atoms with Crippen LogP contribution in [0.1, 0.15) is 58.5 Å². The highest BCUT2D eigenvalue weighted by Crippen LogP contribution is 2.61. The highest BCUT2D eigenvalue weighted by molar-refractivity contribution is 6.32. The van der Waals surface area contributed by atoms with Crippen molar-refractivity contribution in [3.05, 3.63) is 107 Å². The second-order valence-corrected chi connectivity index (χ2v) is 11.0. The van der Waals surface area contributed by atoms with Gasteiger partial charge in [-0.3, -0.25) is 14.4 Å². The summed E-state index contributed by atoms with van der Waals surface area (Å²) in [5, 5.41) is 0. The number of carbonyl (C=O) groups excluding carboxylic acids is 3. The first-order valence-corrected chi connectivity index (χ1v) is 12.3. The van der Waals surface area contributed by atoms with Gasteiger partial charge in [0.2, 0.25) is 0 Å². The number of ketones is 3. The average molecular weight is 498 g/mol. The van der Waals surface area contributed by atoms with E-state index in [-0.39, 0.29) is 22.5 Å². The Labute approximate surface area is 213 Å². The number of rotatable bonds is 2. The van der Waals surface area contributed by atoms with Crippen molar-refractivity contribution in [2.75, 3.05) is 4.90 Å². The van der Waals surface area contributed by atoms with Crippen molar-refractivity contribution in [2.45, 2.75) is 38.8 Å². The largest absolute Gasteiger partial charge is 0.352 e. The summed E-state index contributed by atoms with van der Waals surface area (Å²) in [6, 6.07) is 15.0. The van der Waals surface area contributed by atoms with Crippen LogP contribution in [0, 0.1) is 22.5 Å². The lowest BCUT2D eigenvalue weighted by atomic mass is 9.63. The fourth-order valence-corrected chi connectivity index (χ4v) is 6.46. The summed E-state index contributed by atoms with van der Waals surface area (Å²) in [6.07, 6.45) is 3.39. The number of hydrogen-bond acceptors (Lipinski definition) is 4. The second-order valence-electron chi connectivity index (χ2n) is 11.0. The van der Waals surface area contributed by atoms with E-state index in [0.717, 1.165) is 0 Å². The minimum Gasteiger partial charge on any atom is -0.352 e.